The molecule has 0 aromatic heterocycles. The number of aryl methyl sites for hydroxylation is 1. The molecule has 2 aromatic rings. The maximum absolute atomic E-state index is 12.5. The van der Waals surface area contributed by atoms with E-state index in [-0.39, 0.29) is 12.2 Å². The molecule has 36 heavy (non-hydrogen) atoms. The van der Waals surface area contributed by atoms with E-state index >= 15 is 0 Å². The van der Waals surface area contributed by atoms with Crippen molar-refractivity contribution in [1.82, 2.24) is 0 Å². The SMILES string of the molecule is CCCCCCCCCCCCOC(=O)c1cccc(NC(=O)C(Cl)C(=O)CCc2ccccc2)c1. The Kier molecular flexibility index (Phi) is 14.6. The number of anilines is 1. The number of ether oxygens (including phenoxy) is 1. The lowest BCUT2D eigenvalue weighted by Crippen LogP contribution is -2.30. The summed E-state index contributed by atoms with van der Waals surface area (Å²) in [6, 6.07) is 16.1. The van der Waals surface area contributed by atoms with Crippen molar-refractivity contribution in [2.24, 2.45) is 0 Å². The van der Waals surface area contributed by atoms with Gasteiger partial charge in [0.25, 0.3) is 0 Å². The summed E-state index contributed by atoms with van der Waals surface area (Å²) in [6.45, 7) is 2.61. The fourth-order valence-corrected chi connectivity index (χ4v) is 4.12. The molecule has 0 aliphatic heterocycles. The van der Waals surface area contributed by atoms with Gasteiger partial charge in [0.1, 0.15) is 0 Å². The minimum Gasteiger partial charge on any atom is -0.462 e. The first-order chi connectivity index (χ1) is 17.5. The van der Waals surface area contributed by atoms with Gasteiger partial charge in [0.2, 0.25) is 5.91 Å². The number of nitrogens with one attached hydrogen (secondary N) is 1. The van der Waals surface area contributed by atoms with Crippen LogP contribution in [0.1, 0.15) is 93.5 Å². The van der Waals surface area contributed by atoms with Gasteiger partial charge in [-0.2, -0.15) is 0 Å². The molecule has 0 heterocycles. The number of alkyl halides is 1. The molecule has 1 unspecified atom stereocenters. The standard InChI is InChI=1S/C30H40ClNO4/c1-2-3-4-5-6-7-8-9-10-14-22-36-30(35)25-18-15-19-26(23-25)32-29(34)28(31)27(33)21-20-24-16-12-11-13-17-24/h11-13,15-19,23,28H,2-10,14,20-22H2,1H3,(H,32,34). The summed E-state index contributed by atoms with van der Waals surface area (Å²) in [4.78, 5) is 37.2. The number of carbonyl (C=O) groups excluding carboxylic acids is 3. The minimum atomic E-state index is -1.29. The molecular weight excluding hydrogens is 474 g/mol. The van der Waals surface area contributed by atoms with Crippen molar-refractivity contribution in [3.05, 3.63) is 65.7 Å². The fourth-order valence-electron chi connectivity index (χ4n) is 3.95. The molecule has 0 aliphatic carbocycles. The molecule has 2 aromatic carbocycles. The quantitative estimate of drug-likeness (QED) is 0.0968. The summed E-state index contributed by atoms with van der Waals surface area (Å²) < 4.78 is 5.39. The molecule has 0 aliphatic rings. The lowest BCUT2D eigenvalue weighted by molar-refractivity contribution is -0.125. The lowest BCUT2D eigenvalue weighted by Gasteiger charge is -2.11. The highest BCUT2D eigenvalue weighted by molar-refractivity contribution is 6.43. The minimum absolute atomic E-state index is 0.178. The predicted octanol–water partition coefficient (Wildman–Crippen LogP) is 7.51. The zero-order valence-corrected chi connectivity index (χ0v) is 22.2. The normalized spacial score (nSPS) is 11.6. The van der Waals surface area contributed by atoms with Gasteiger partial charge in [-0.3, -0.25) is 9.59 Å². The average Bonchev–Trinajstić information content (AvgIpc) is 2.90. The third kappa shape index (κ3) is 11.9. The van der Waals surface area contributed by atoms with Crippen LogP contribution in [0.4, 0.5) is 5.69 Å². The third-order valence-electron chi connectivity index (χ3n) is 6.11. The van der Waals surface area contributed by atoms with Crippen LogP contribution < -0.4 is 5.32 Å². The molecule has 6 heteroatoms. The van der Waals surface area contributed by atoms with Gasteiger partial charge in [0.05, 0.1) is 12.2 Å². The smallest absolute Gasteiger partial charge is 0.338 e. The van der Waals surface area contributed by atoms with Crippen molar-refractivity contribution in [2.45, 2.75) is 89.4 Å². The molecular formula is C30H40ClNO4. The van der Waals surface area contributed by atoms with Crippen LogP contribution in [0, 0.1) is 0 Å². The zero-order valence-electron chi connectivity index (χ0n) is 21.5. The Morgan fingerprint density at radius 1 is 0.833 bits per heavy atom. The Labute approximate surface area is 221 Å². The van der Waals surface area contributed by atoms with E-state index < -0.39 is 17.3 Å². The first-order valence-electron chi connectivity index (χ1n) is 13.3. The Balaban J connectivity index is 1.66. The average molecular weight is 514 g/mol. The van der Waals surface area contributed by atoms with E-state index in [4.69, 9.17) is 16.3 Å². The summed E-state index contributed by atoms with van der Waals surface area (Å²) in [6.07, 6.45) is 12.9. The number of hydrogen-bond donors (Lipinski definition) is 1. The zero-order chi connectivity index (χ0) is 26.0. The second-order valence-electron chi connectivity index (χ2n) is 9.20. The maximum Gasteiger partial charge on any atom is 0.338 e. The largest absolute Gasteiger partial charge is 0.462 e. The number of Topliss-reactive ketones (excluding diaryl/α,β-unsaturated/α-hetero) is 1. The molecule has 5 nitrogen and oxygen atoms in total. The topological polar surface area (TPSA) is 72.5 Å². The molecule has 196 valence electrons. The van der Waals surface area contributed by atoms with Gasteiger partial charge in [-0.25, -0.2) is 4.79 Å². The van der Waals surface area contributed by atoms with Gasteiger partial charge in [0, 0.05) is 12.1 Å². The van der Waals surface area contributed by atoms with Gasteiger partial charge >= 0.3 is 5.97 Å². The molecule has 0 saturated heterocycles. The lowest BCUT2D eigenvalue weighted by atomic mass is 10.1. The van der Waals surface area contributed by atoms with Crippen molar-refractivity contribution < 1.29 is 19.1 Å². The van der Waals surface area contributed by atoms with E-state index in [0.29, 0.717) is 24.3 Å². The number of benzene rings is 2. The number of ketones is 1. The predicted molar refractivity (Wildman–Crippen MR) is 147 cm³/mol. The van der Waals surface area contributed by atoms with Gasteiger partial charge in [-0.1, -0.05) is 101 Å². The number of amides is 1. The molecule has 0 fully saturated rings. The highest BCUT2D eigenvalue weighted by Crippen LogP contribution is 2.15. The summed E-state index contributed by atoms with van der Waals surface area (Å²) in [7, 11) is 0. The Bertz CT molecular complexity index is 932. The van der Waals surface area contributed by atoms with E-state index in [2.05, 4.69) is 12.2 Å². The number of hydrogen-bond acceptors (Lipinski definition) is 4. The Morgan fingerprint density at radius 2 is 1.47 bits per heavy atom. The van der Waals surface area contributed by atoms with Gasteiger partial charge in [-0.15, -0.1) is 11.6 Å². The first-order valence-corrected chi connectivity index (χ1v) is 13.7. The molecule has 1 atom stereocenters. The number of halogens is 1. The maximum atomic E-state index is 12.5. The van der Waals surface area contributed by atoms with Crippen molar-refractivity contribution >= 4 is 34.9 Å². The Hall–Kier alpha value is -2.66. The molecule has 1 amide bonds. The number of carbonyl (C=O) groups is 3. The van der Waals surface area contributed by atoms with E-state index in [1.165, 1.54) is 51.0 Å². The van der Waals surface area contributed by atoms with Crippen LogP contribution in [0.5, 0.6) is 0 Å². The Morgan fingerprint density at radius 3 is 2.14 bits per heavy atom. The highest BCUT2D eigenvalue weighted by Gasteiger charge is 2.24. The van der Waals surface area contributed by atoms with Gasteiger partial charge in [0.15, 0.2) is 11.2 Å². The molecule has 0 saturated carbocycles. The van der Waals surface area contributed by atoms with Gasteiger partial charge < -0.3 is 10.1 Å². The number of rotatable bonds is 18. The van der Waals surface area contributed by atoms with Crippen molar-refractivity contribution in [1.29, 1.82) is 0 Å². The monoisotopic (exact) mass is 513 g/mol. The van der Waals surface area contributed by atoms with Crippen LogP contribution in [0.3, 0.4) is 0 Å². The molecule has 2 rings (SSSR count). The van der Waals surface area contributed by atoms with E-state index in [1.807, 2.05) is 30.3 Å². The van der Waals surface area contributed by atoms with Crippen LogP contribution in [0.2, 0.25) is 0 Å². The second-order valence-corrected chi connectivity index (χ2v) is 9.64. The first kappa shape index (κ1) is 29.6. The number of unbranched alkanes of at least 4 members (excludes halogenated alkanes) is 9. The van der Waals surface area contributed by atoms with Crippen LogP contribution in [-0.4, -0.2) is 29.6 Å². The number of esters is 1. The van der Waals surface area contributed by atoms with Crippen LogP contribution in [0.15, 0.2) is 54.6 Å². The summed E-state index contributed by atoms with van der Waals surface area (Å²) >= 11 is 6.11. The third-order valence-corrected chi connectivity index (χ3v) is 6.55. The van der Waals surface area contributed by atoms with Crippen molar-refractivity contribution in [2.75, 3.05) is 11.9 Å². The molecule has 1 N–H and O–H groups in total. The van der Waals surface area contributed by atoms with E-state index in [9.17, 15) is 14.4 Å². The van der Waals surface area contributed by atoms with Crippen molar-refractivity contribution in [3.8, 4) is 0 Å². The fraction of sp³-hybridized carbons (Fsp3) is 0.500. The second kappa shape index (κ2) is 17.7. The molecule has 0 radical (unpaired) electrons. The van der Waals surface area contributed by atoms with Crippen molar-refractivity contribution in [3.63, 3.8) is 0 Å². The van der Waals surface area contributed by atoms with Crippen LogP contribution >= 0.6 is 11.6 Å². The summed E-state index contributed by atoms with van der Waals surface area (Å²) in [5.74, 6) is -1.38. The van der Waals surface area contributed by atoms with Crippen LogP contribution in [-0.2, 0) is 20.7 Å². The molecule has 0 spiro atoms. The van der Waals surface area contributed by atoms with E-state index in [0.717, 1.165) is 24.8 Å². The van der Waals surface area contributed by atoms with E-state index in [1.54, 1.807) is 18.2 Å². The molecule has 0 bridgehead atoms. The van der Waals surface area contributed by atoms with Gasteiger partial charge in [-0.05, 0) is 36.6 Å². The summed E-state index contributed by atoms with van der Waals surface area (Å²) in [5.41, 5.74) is 1.76. The van der Waals surface area contributed by atoms with Crippen LogP contribution in [0.25, 0.3) is 0 Å². The summed E-state index contributed by atoms with van der Waals surface area (Å²) in [5, 5.41) is 1.34. The highest BCUT2D eigenvalue weighted by atomic mass is 35.5.